The molecule has 0 aromatic rings. The minimum atomic E-state index is -0.865. The topological polar surface area (TPSA) is 99.2 Å². The van der Waals surface area contributed by atoms with Crippen LogP contribution in [0.1, 0.15) is 58.3 Å². The summed E-state index contributed by atoms with van der Waals surface area (Å²) in [5.74, 6) is -0.130. The van der Waals surface area contributed by atoms with E-state index in [4.69, 9.17) is 5.73 Å². The van der Waals surface area contributed by atoms with Crippen LogP contribution < -0.4 is 11.1 Å². The van der Waals surface area contributed by atoms with E-state index in [1.807, 2.05) is 0 Å². The molecule has 2 unspecified atom stereocenters. The van der Waals surface area contributed by atoms with Gasteiger partial charge in [-0.25, -0.2) is 0 Å². The molecule has 1 aliphatic heterocycles. The van der Waals surface area contributed by atoms with Crippen LogP contribution in [0.3, 0.4) is 0 Å². The van der Waals surface area contributed by atoms with Gasteiger partial charge in [0, 0.05) is 25.4 Å². The van der Waals surface area contributed by atoms with Gasteiger partial charge in [0.2, 0.25) is 11.8 Å². The molecule has 2 aliphatic rings. The van der Waals surface area contributed by atoms with Gasteiger partial charge >= 0.3 is 0 Å². The third-order valence-electron chi connectivity index (χ3n) is 5.53. The van der Waals surface area contributed by atoms with E-state index in [0.717, 1.165) is 19.4 Å². The van der Waals surface area contributed by atoms with Crippen molar-refractivity contribution in [3.63, 3.8) is 0 Å². The third-order valence-corrected chi connectivity index (χ3v) is 5.53. The second-order valence-corrected chi connectivity index (χ2v) is 7.77. The van der Waals surface area contributed by atoms with Gasteiger partial charge in [0.05, 0.1) is 6.07 Å². The first-order chi connectivity index (χ1) is 11.9. The summed E-state index contributed by atoms with van der Waals surface area (Å²) in [5.41, 5.74) is 4.47. The van der Waals surface area contributed by atoms with Crippen LogP contribution in [0.2, 0.25) is 0 Å². The smallest absolute Gasteiger partial charge is 0.225 e. The molecule has 1 saturated heterocycles. The van der Waals surface area contributed by atoms with Gasteiger partial charge in [-0.2, -0.15) is 5.26 Å². The molecule has 1 aliphatic carbocycles. The van der Waals surface area contributed by atoms with Gasteiger partial charge in [0.25, 0.3) is 0 Å². The Labute approximate surface area is 151 Å². The number of piperidine rings is 1. The Bertz CT molecular complexity index is 510. The van der Waals surface area contributed by atoms with Crippen molar-refractivity contribution in [2.45, 2.75) is 63.8 Å². The molecule has 0 aromatic carbocycles. The van der Waals surface area contributed by atoms with Crippen molar-refractivity contribution in [3.8, 4) is 6.07 Å². The number of carbonyl (C=O) groups is 2. The first-order valence-corrected chi connectivity index (χ1v) is 9.52. The summed E-state index contributed by atoms with van der Waals surface area (Å²) >= 11 is 0. The van der Waals surface area contributed by atoms with E-state index in [9.17, 15) is 14.9 Å². The third kappa shape index (κ3) is 6.00. The lowest BCUT2D eigenvalue weighted by Crippen LogP contribution is -2.58. The van der Waals surface area contributed by atoms with E-state index < -0.39 is 5.54 Å². The summed E-state index contributed by atoms with van der Waals surface area (Å²) in [6.45, 7) is 3.59. The highest BCUT2D eigenvalue weighted by molar-refractivity contribution is 5.85. The largest absolute Gasteiger partial charge is 0.369 e. The molecule has 0 aromatic heterocycles. The van der Waals surface area contributed by atoms with E-state index >= 15 is 0 Å². The Balaban J connectivity index is 1.84. The first kappa shape index (κ1) is 19.7. The van der Waals surface area contributed by atoms with Crippen LogP contribution in [-0.4, -0.2) is 41.9 Å². The monoisotopic (exact) mass is 347 g/mol. The minimum absolute atomic E-state index is 0.142. The Morgan fingerprint density at radius 3 is 2.72 bits per heavy atom. The standard InChI is InChI=1S/C19H31N4O2/c1-15(18(21)25)12-23-11-5-10-19(13-20,14-23)22-17(24)9-8-16-6-3-2-4-7-16/h9,15-16H,2-8,10-12,14H2,1H3,(H2,21,25)(H,22,24). The highest BCUT2D eigenvalue weighted by Gasteiger charge is 2.37. The molecule has 139 valence electrons. The van der Waals surface area contributed by atoms with Crippen molar-refractivity contribution in [1.82, 2.24) is 10.2 Å². The molecule has 1 radical (unpaired) electrons. The predicted octanol–water partition coefficient (Wildman–Crippen LogP) is 1.76. The zero-order chi connectivity index (χ0) is 18.3. The van der Waals surface area contributed by atoms with E-state index in [-0.39, 0.29) is 17.7 Å². The lowest BCUT2D eigenvalue weighted by atomic mass is 9.85. The summed E-state index contributed by atoms with van der Waals surface area (Å²) in [6.07, 6.45) is 10.2. The van der Waals surface area contributed by atoms with Gasteiger partial charge in [-0.15, -0.1) is 0 Å². The van der Waals surface area contributed by atoms with Crippen LogP contribution in [0.15, 0.2) is 0 Å². The van der Waals surface area contributed by atoms with Gasteiger partial charge in [-0.05, 0) is 31.7 Å². The normalized spacial score (nSPS) is 26.6. The molecule has 2 amide bonds. The van der Waals surface area contributed by atoms with Crippen molar-refractivity contribution in [2.24, 2.45) is 17.6 Å². The molecule has 2 atom stereocenters. The lowest BCUT2D eigenvalue weighted by molar-refractivity contribution is -0.123. The van der Waals surface area contributed by atoms with Gasteiger partial charge in [-0.3, -0.25) is 14.5 Å². The molecule has 6 nitrogen and oxygen atoms in total. The lowest BCUT2D eigenvalue weighted by Gasteiger charge is -2.39. The maximum absolute atomic E-state index is 12.3. The van der Waals surface area contributed by atoms with Crippen LogP contribution in [0.5, 0.6) is 0 Å². The van der Waals surface area contributed by atoms with Crippen molar-refractivity contribution in [2.75, 3.05) is 19.6 Å². The fourth-order valence-electron chi connectivity index (χ4n) is 3.98. The minimum Gasteiger partial charge on any atom is -0.369 e. The van der Waals surface area contributed by atoms with Crippen molar-refractivity contribution >= 4 is 11.8 Å². The number of rotatable bonds is 7. The highest BCUT2D eigenvalue weighted by atomic mass is 16.2. The number of likely N-dealkylation sites (tertiary alicyclic amines) is 1. The molecule has 1 heterocycles. The molecule has 2 fully saturated rings. The van der Waals surface area contributed by atoms with Gasteiger partial charge in [0.1, 0.15) is 5.54 Å². The fourth-order valence-corrected chi connectivity index (χ4v) is 3.98. The number of primary amides is 1. The van der Waals surface area contributed by atoms with Crippen LogP contribution in [0.4, 0.5) is 0 Å². The number of hydrogen-bond acceptors (Lipinski definition) is 4. The second-order valence-electron chi connectivity index (χ2n) is 7.77. The highest BCUT2D eigenvalue weighted by Crippen LogP contribution is 2.27. The number of nitrogens with zero attached hydrogens (tertiary/aromatic N) is 2. The molecule has 25 heavy (non-hydrogen) atoms. The number of amides is 2. The zero-order valence-electron chi connectivity index (χ0n) is 15.3. The van der Waals surface area contributed by atoms with Crippen LogP contribution in [0, 0.1) is 29.6 Å². The maximum Gasteiger partial charge on any atom is 0.225 e. The number of carbonyl (C=O) groups excluding carboxylic acids is 2. The van der Waals surface area contributed by atoms with Crippen LogP contribution >= 0.6 is 0 Å². The average molecular weight is 347 g/mol. The molecule has 0 bridgehead atoms. The van der Waals surface area contributed by atoms with E-state index in [1.165, 1.54) is 32.1 Å². The molecule has 6 heteroatoms. The molecular formula is C19H31N4O2. The van der Waals surface area contributed by atoms with Crippen molar-refractivity contribution < 1.29 is 9.59 Å². The predicted molar refractivity (Wildman–Crippen MR) is 96.0 cm³/mol. The van der Waals surface area contributed by atoms with E-state index in [1.54, 1.807) is 13.3 Å². The van der Waals surface area contributed by atoms with E-state index in [0.29, 0.717) is 25.4 Å². The quantitative estimate of drug-likeness (QED) is 0.733. The van der Waals surface area contributed by atoms with Gasteiger partial charge in [-0.1, -0.05) is 39.0 Å². The van der Waals surface area contributed by atoms with Gasteiger partial charge < -0.3 is 11.1 Å². The van der Waals surface area contributed by atoms with Crippen molar-refractivity contribution in [1.29, 1.82) is 5.26 Å². The van der Waals surface area contributed by atoms with Crippen LogP contribution in [-0.2, 0) is 9.59 Å². The zero-order valence-corrected chi connectivity index (χ0v) is 15.3. The number of nitriles is 1. The molecule has 1 saturated carbocycles. The summed E-state index contributed by atoms with van der Waals surface area (Å²) in [4.78, 5) is 25.7. The number of nitrogens with one attached hydrogen (secondary N) is 1. The number of nitrogens with two attached hydrogens (primary N) is 1. The Hall–Kier alpha value is -1.61. The first-order valence-electron chi connectivity index (χ1n) is 9.52. The summed E-state index contributed by atoms with van der Waals surface area (Å²) < 4.78 is 0. The second kappa shape index (κ2) is 9.19. The summed E-state index contributed by atoms with van der Waals surface area (Å²) in [6, 6.07) is 2.31. The maximum atomic E-state index is 12.3. The molecule has 0 spiro atoms. The molecular weight excluding hydrogens is 316 g/mol. The SMILES string of the molecule is CC(CN1CCCC(C#N)(NC(=O)[CH]CC2CCCCC2)C1)C(N)=O. The summed E-state index contributed by atoms with van der Waals surface area (Å²) in [5, 5.41) is 12.6. The fraction of sp³-hybridized carbons (Fsp3) is 0.789. The Kier molecular flexibility index (Phi) is 7.24. The Morgan fingerprint density at radius 1 is 1.36 bits per heavy atom. The van der Waals surface area contributed by atoms with E-state index in [2.05, 4.69) is 16.3 Å². The summed E-state index contributed by atoms with van der Waals surface area (Å²) in [7, 11) is 0. The molecule has 3 N–H and O–H groups in total. The number of hydrogen-bond donors (Lipinski definition) is 2. The Morgan fingerprint density at radius 2 is 2.08 bits per heavy atom. The van der Waals surface area contributed by atoms with Crippen molar-refractivity contribution in [3.05, 3.63) is 6.42 Å². The average Bonchev–Trinajstić information content (AvgIpc) is 2.61. The molecule has 2 rings (SSSR count). The van der Waals surface area contributed by atoms with Gasteiger partial charge in [0.15, 0.2) is 0 Å². The van der Waals surface area contributed by atoms with Crippen LogP contribution in [0.25, 0.3) is 0 Å².